The molecule has 3 heterocycles. The Hall–Kier alpha value is -1.69. The van der Waals surface area contributed by atoms with Gasteiger partial charge >= 0.3 is 0 Å². The summed E-state index contributed by atoms with van der Waals surface area (Å²) in [7, 11) is 0. The number of aromatic nitrogens is 3. The van der Waals surface area contributed by atoms with Crippen molar-refractivity contribution < 1.29 is 4.79 Å². The van der Waals surface area contributed by atoms with Crippen LogP contribution >= 0.6 is 11.3 Å². The molecule has 1 saturated heterocycles. The molecular formula is C16H22N4OS. The fourth-order valence-corrected chi connectivity index (χ4v) is 3.94. The molecule has 22 heavy (non-hydrogen) atoms. The molecular weight excluding hydrogens is 296 g/mol. The second-order valence-corrected chi connectivity index (χ2v) is 6.89. The van der Waals surface area contributed by atoms with E-state index in [0.717, 1.165) is 43.7 Å². The number of likely N-dealkylation sites (tertiary alicyclic amines) is 1. The van der Waals surface area contributed by atoms with Gasteiger partial charge in [-0.15, -0.1) is 11.3 Å². The first kappa shape index (κ1) is 15.2. The van der Waals surface area contributed by atoms with Crippen LogP contribution < -0.4 is 0 Å². The van der Waals surface area contributed by atoms with E-state index in [0.29, 0.717) is 12.3 Å². The number of hydrogen-bond acceptors (Lipinski definition) is 4. The van der Waals surface area contributed by atoms with Crippen LogP contribution in [0.5, 0.6) is 0 Å². The summed E-state index contributed by atoms with van der Waals surface area (Å²) in [5, 5.41) is 10.4. The zero-order chi connectivity index (χ0) is 15.5. The summed E-state index contributed by atoms with van der Waals surface area (Å²) < 4.78 is 0. The van der Waals surface area contributed by atoms with E-state index < -0.39 is 0 Å². The molecule has 5 nitrogen and oxygen atoms in total. The average Bonchev–Trinajstić information content (AvgIpc) is 3.16. The van der Waals surface area contributed by atoms with E-state index in [1.165, 1.54) is 10.6 Å². The molecule has 2 aromatic heterocycles. The maximum Gasteiger partial charge on any atom is 0.222 e. The van der Waals surface area contributed by atoms with Crippen molar-refractivity contribution in [2.24, 2.45) is 0 Å². The summed E-state index contributed by atoms with van der Waals surface area (Å²) in [6.45, 7) is 5.70. The summed E-state index contributed by atoms with van der Waals surface area (Å²) >= 11 is 1.70. The molecule has 1 unspecified atom stereocenters. The maximum atomic E-state index is 12.5. The first-order valence-electron chi connectivity index (χ1n) is 7.82. The van der Waals surface area contributed by atoms with Gasteiger partial charge in [-0.2, -0.15) is 5.10 Å². The number of carbonyl (C=O) groups is 1. The zero-order valence-electron chi connectivity index (χ0n) is 13.1. The lowest BCUT2D eigenvalue weighted by molar-refractivity contribution is -0.132. The summed E-state index contributed by atoms with van der Waals surface area (Å²) in [5.74, 6) is 0.663. The summed E-state index contributed by atoms with van der Waals surface area (Å²) in [5.41, 5.74) is 3.26. The van der Waals surface area contributed by atoms with E-state index in [1.807, 2.05) is 30.3 Å². The molecule has 2 aromatic rings. The number of aromatic amines is 1. The molecule has 1 N–H and O–H groups in total. The highest BCUT2D eigenvalue weighted by Gasteiger charge is 2.26. The van der Waals surface area contributed by atoms with Gasteiger partial charge in [0, 0.05) is 42.7 Å². The van der Waals surface area contributed by atoms with Gasteiger partial charge in [-0.25, -0.2) is 4.98 Å². The van der Waals surface area contributed by atoms with E-state index in [4.69, 9.17) is 0 Å². The van der Waals surface area contributed by atoms with Gasteiger partial charge < -0.3 is 4.90 Å². The molecule has 3 rings (SSSR count). The van der Waals surface area contributed by atoms with Gasteiger partial charge in [-0.1, -0.05) is 0 Å². The monoisotopic (exact) mass is 318 g/mol. The number of aryl methyl sites for hydroxylation is 2. The highest BCUT2D eigenvalue weighted by Crippen LogP contribution is 2.28. The van der Waals surface area contributed by atoms with Crippen LogP contribution in [0.1, 0.15) is 47.1 Å². The van der Waals surface area contributed by atoms with Crippen molar-refractivity contribution in [2.45, 2.75) is 45.4 Å². The lowest BCUT2D eigenvalue weighted by atomic mass is 9.98. The number of H-pyrrole nitrogens is 1. The van der Waals surface area contributed by atoms with Gasteiger partial charge in [0.2, 0.25) is 5.91 Å². The molecule has 0 aromatic carbocycles. The van der Waals surface area contributed by atoms with Crippen LogP contribution in [0.4, 0.5) is 0 Å². The normalized spacial score (nSPS) is 18.6. The van der Waals surface area contributed by atoms with E-state index in [2.05, 4.69) is 15.2 Å². The lowest BCUT2D eigenvalue weighted by Crippen LogP contribution is -2.39. The largest absolute Gasteiger partial charge is 0.342 e. The smallest absolute Gasteiger partial charge is 0.222 e. The van der Waals surface area contributed by atoms with E-state index in [1.54, 1.807) is 11.3 Å². The third-order valence-electron chi connectivity index (χ3n) is 4.44. The molecule has 0 spiro atoms. The molecule has 0 radical (unpaired) electrons. The summed E-state index contributed by atoms with van der Waals surface area (Å²) in [4.78, 5) is 18.9. The van der Waals surface area contributed by atoms with E-state index >= 15 is 0 Å². The Labute approximate surface area is 134 Å². The Morgan fingerprint density at radius 2 is 2.36 bits per heavy atom. The molecule has 1 aliphatic heterocycles. The van der Waals surface area contributed by atoms with Gasteiger partial charge in [0.1, 0.15) is 0 Å². The number of piperidine rings is 1. The minimum Gasteiger partial charge on any atom is -0.342 e. The Morgan fingerprint density at radius 1 is 1.50 bits per heavy atom. The predicted molar refractivity (Wildman–Crippen MR) is 87.1 cm³/mol. The van der Waals surface area contributed by atoms with Crippen molar-refractivity contribution in [2.75, 3.05) is 13.1 Å². The van der Waals surface area contributed by atoms with Crippen LogP contribution in [0.2, 0.25) is 0 Å². The number of thiazole rings is 1. The maximum absolute atomic E-state index is 12.5. The molecule has 1 fully saturated rings. The first-order valence-corrected chi connectivity index (χ1v) is 8.70. The van der Waals surface area contributed by atoms with Crippen LogP contribution in [0.15, 0.2) is 11.6 Å². The fraction of sp³-hybridized carbons (Fsp3) is 0.562. The minimum atomic E-state index is 0.251. The Kier molecular flexibility index (Phi) is 4.57. The fourth-order valence-electron chi connectivity index (χ4n) is 3.17. The third kappa shape index (κ3) is 3.21. The number of carbonyl (C=O) groups excluding carboxylic acids is 1. The molecule has 118 valence electrons. The minimum absolute atomic E-state index is 0.251. The lowest BCUT2D eigenvalue weighted by Gasteiger charge is -2.32. The molecule has 0 aliphatic carbocycles. The zero-order valence-corrected chi connectivity index (χ0v) is 13.9. The van der Waals surface area contributed by atoms with Crippen LogP contribution in [0.3, 0.4) is 0 Å². The van der Waals surface area contributed by atoms with Gasteiger partial charge in [0.05, 0.1) is 10.7 Å². The molecule has 0 bridgehead atoms. The second-order valence-electron chi connectivity index (χ2n) is 5.96. The van der Waals surface area contributed by atoms with Gasteiger partial charge in [0.15, 0.2) is 0 Å². The average molecular weight is 318 g/mol. The predicted octanol–water partition coefficient (Wildman–Crippen LogP) is 2.82. The molecule has 0 saturated carbocycles. The first-order chi connectivity index (χ1) is 10.6. The van der Waals surface area contributed by atoms with Crippen molar-refractivity contribution in [3.8, 4) is 0 Å². The molecule has 6 heteroatoms. The standard InChI is InChI=1S/C16H22N4OS/c1-11-14(12(2)19-18-11)5-6-15(21)20-8-3-4-13(10-20)16-17-7-9-22-16/h7,9,13H,3-6,8,10H2,1-2H3,(H,18,19). The molecule has 1 atom stereocenters. The van der Waals surface area contributed by atoms with Crippen LogP contribution in [-0.2, 0) is 11.2 Å². The SMILES string of the molecule is Cc1n[nH]c(C)c1CCC(=O)N1CCCC(c2nccs2)C1. The van der Waals surface area contributed by atoms with Gasteiger partial charge in [-0.3, -0.25) is 9.89 Å². The van der Waals surface area contributed by atoms with Crippen molar-refractivity contribution in [3.05, 3.63) is 33.5 Å². The number of nitrogens with zero attached hydrogens (tertiary/aromatic N) is 3. The topological polar surface area (TPSA) is 61.9 Å². The van der Waals surface area contributed by atoms with Gasteiger partial charge in [-0.05, 0) is 38.7 Å². The number of rotatable bonds is 4. The number of amides is 1. The molecule has 1 aliphatic rings. The Balaban J connectivity index is 1.58. The summed E-state index contributed by atoms with van der Waals surface area (Å²) in [6.07, 6.45) is 5.39. The molecule has 1 amide bonds. The highest BCUT2D eigenvalue weighted by atomic mass is 32.1. The van der Waals surface area contributed by atoms with Crippen molar-refractivity contribution in [1.29, 1.82) is 0 Å². The Morgan fingerprint density at radius 3 is 3.05 bits per heavy atom. The third-order valence-corrected chi connectivity index (χ3v) is 5.38. The highest BCUT2D eigenvalue weighted by molar-refractivity contribution is 7.09. The summed E-state index contributed by atoms with van der Waals surface area (Å²) in [6, 6.07) is 0. The van der Waals surface area contributed by atoms with E-state index in [9.17, 15) is 4.79 Å². The quantitative estimate of drug-likeness (QED) is 0.943. The van der Waals surface area contributed by atoms with E-state index in [-0.39, 0.29) is 5.91 Å². The van der Waals surface area contributed by atoms with Crippen molar-refractivity contribution in [3.63, 3.8) is 0 Å². The van der Waals surface area contributed by atoms with Crippen molar-refractivity contribution in [1.82, 2.24) is 20.1 Å². The van der Waals surface area contributed by atoms with Crippen LogP contribution in [-0.4, -0.2) is 39.1 Å². The van der Waals surface area contributed by atoms with Crippen LogP contribution in [0.25, 0.3) is 0 Å². The number of hydrogen-bond donors (Lipinski definition) is 1. The Bertz CT molecular complexity index is 615. The second kappa shape index (κ2) is 6.60. The van der Waals surface area contributed by atoms with Gasteiger partial charge in [0.25, 0.3) is 0 Å². The van der Waals surface area contributed by atoms with Crippen molar-refractivity contribution >= 4 is 17.2 Å². The number of nitrogens with one attached hydrogen (secondary N) is 1. The van der Waals surface area contributed by atoms with Crippen LogP contribution in [0, 0.1) is 13.8 Å².